The van der Waals surface area contributed by atoms with E-state index in [2.05, 4.69) is 15.3 Å². The number of imidazole rings is 1. The molecule has 0 radical (unpaired) electrons. The lowest BCUT2D eigenvalue weighted by atomic mass is 10.1. The first-order valence-electron chi connectivity index (χ1n) is 10.9. The third-order valence-corrected chi connectivity index (χ3v) is 6.05. The van der Waals surface area contributed by atoms with Crippen molar-refractivity contribution in [2.24, 2.45) is 11.7 Å². The van der Waals surface area contributed by atoms with Crippen LogP contribution in [0.3, 0.4) is 0 Å². The van der Waals surface area contributed by atoms with Crippen LogP contribution in [-0.2, 0) is 11.3 Å². The van der Waals surface area contributed by atoms with Crippen LogP contribution in [0, 0.1) is 18.7 Å². The summed E-state index contributed by atoms with van der Waals surface area (Å²) in [6.45, 7) is 2.06. The number of aryl methyl sites for hydroxylation is 1. The number of amides is 1. The summed E-state index contributed by atoms with van der Waals surface area (Å²) in [7, 11) is 0. The molecule has 0 spiro atoms. The molecule has 1 aliphatic carbocycles. The average molecular weight is 498 g/mol. The maximum atomic E-state index is 16.0. The number of fused-ring (bicyclic) bond motifs is 1. The van der Waals surface area contributed by atoms with E-state index in [1.54, 1.807) is 25.1 Å². The van der Waals surface area contributed by atoms with E-state index in [1.807, 2.05) is 0 Å². The van der Waals surface area contributed by atoms with Gasteiger partial charge in [0, 0.05) is 10.7 Å². The van der Waals surface area contributed by atoms with Gasteiger partial charge in [-0.15, -0.1) is 0 Å². The molecule has 11 heteroatoms. The Labute approximate surface area is 204 Å². The number of primary amides is 1. The van der Waals surface area contributed by atoms with Crippen molar-refractivity contribution >= 4 is 45.9 Å². The van der Waals surface area contributed by atoms with Crippen molar-refractivity contribution in [1.82, 2.24) is 14.5 Å². The van der Waals surface area contributed by atoms with E-state index in [-0.39, 0.29) is 41.3 Å². The maximum absolute atomic E-state index is 16.0. The number of hydrogen-bond donors (Lipinski definition) is 2. The molecule has 2 aromatic carbocycles. The number of oxazole rings is 1. The summed E-state index contributed by atoms with van der Waals surface area (Å²) in [5.41, 5.74) is 6.70. The fourth-order valence-corrected chi connectivity index (χ4v) is 4.01. The van der Waals surface area contributed by atoms with Gasteiger partial charge in [0.05, 0.1) is 36.1 Å². The zero-order valence-corrected chi connectivity index (χ0v) is 19.4. The Bertz CT molecular complexity index is 1450. The number of rotatable bonds is 8. The predicted octanol–water partition coefficient (Wildman–Crippen LogP) is 4.58. The number of esters is 1. The van der Waals surface area contributed by atoms with E-state index in [9.17, 15) is 9.59 Å². The summed E-state index contributed by atoms with van der Waals surface area (Å²) in [6, 6.07) is 6.48. The molecule has 0 bridgehead atoms. The van der Waals surface area contributed by atoms with Crippen LogP contribution in [0.15, 0.2) is 41.3 Å². The predicted molar refractivity (Wildman–Crippen MR) is 126 cm³/mol. The van der Waals surface area contributed by atoms with Gasteiger partial charge in [-0.2, -0.15) is 0 Å². The van der Waals surface area contributed by atoms with Gasteiger partial charge in [-0.1, -0.05) is 11.6 Å². The molecule has 2 aromatic heterocycles. The van der Waals surface area contributed by atoms with E-state index < -0.39 is 17.7 Å². The highest BCUT2D eigenvalue weighted by atomic mass is 35.5. The van der Waals surface area contributed by atoms with Crippen LogP contribution < -0.4 is 11.1 Å². The second-order valence-corrected chi connectivity index (χ2v) is 8.90. The summed E-state index contributed by atoms with van der Waals surface area (Å²) in [4.78, 5) is 33.2. The second kappa shape index (κ2) is 9.03. The first kappa shape index (κ1) is 22.9. The number of benzene rings is 2. The Kier molecular flexibility index (Phi) is 5.89. The van der Waals surface area contributed by atoms with E-state index in [0.29, 0.717) is 22.4 Å². The second-order valence-electron chi connectivity index (χ2n) is 8.46. The van der Waals surface area contributed by atoms with E-state index in [4.69, 9.17) is 26.5 Å². The van der Waals surface area contributed by atoms with Crippen LogP contribution in [-0.4, -0.2) is 33.0 Å². The number of carbonyl (C=O) groups excluding carboxylic acids is 2. The van der Waals surface area contributed by atoms with Crippen LogP contribution >= 0.6 is 11.6 Å². The normalized spacial score (nSPS) is 13.2. The molecule has 9 nitrogen and oxygen atoms in total. The molecule has 0 atom stereocenters. The van der Waals surface area contributed by atoms with E-state index in [1.165, 1.54) is 23.2 Å². The number of carbonyl (C=O) groups is 2. The van der Waals surface area contributed by atoms with Crippen molar-refractivity contribution in [3.8, 4) is 0 Å². The molecule has 1 saturated carbocycles. The Morgan fingerprint density at radius 2 is 2.14 bits per heavy atom. The van der Waals surface area contributed by atoms with E-state index in [0.717, 1.165) is 18.4 Å². The summed E-state index contributed by atoms with van der Waals surface area (Å²) < 4.78 is 28.1. The van der Waals surface area contributed by atoms with Gasteiger partial charge in [-0.25, -0.2) is 19.2 Å². The zero-order valence-electron chi connectivity index (χ0n) is 18.7. The fraction of sp³-hybridized carbons (Fsp3) is 0.250. The lowest BCUT2D eigenvalue weighted by Gasteiger charge is -2.16. The molecule has 180 valence electrons. The molecule has 35 heavy (non-hydrogen) atoms. The highest BCUT2D eigenvalue weighted by Gasteiger charge is 2.28. The molecule has 1 fully saturated rings. The standard InChI is InChI=1S/C24H21ClFN5O4/c1-12-6-14(25)4-5-17(12)29-20-16(24(33)34-10-13-2-3-13)7-18-21(19(20)26)30-23(22(27)32)31(18)9-15-8-28-11-35-15/h4-8,11,13,29H,2-3,9-10H2,1H3,(H2,27,32). The molecule has 4 aromatic rings. The highest BCUT2D eigenvalue weighted by molar-refractivity contribution is 6.30. The molecular weight excluding hydrogens is 477 g/mol. The molecule has 2 heterocycles. The smallest absolute Gasteiger partial charge is 0.340 e. The summed E-state index contributed by atoms with van der Waals surface area (Å²) >= 11 is 6.05. The average Bonchev–Trinajstić information content (AvgIpc) is 3.37. The number of aromatic nitrogens is 3. The van der Waals surface area contributed by atoms with Gasteiger partial charge in [0.2, 0.25) is 0 Å². The van der Waals surface area contributed by atoms with Crippen LogP contribution in [0.1, 0.15) is 45.1 Å². The lowest BCUT2D eigenvalue weighted by molar-refractivity contribution is 0.0487. The zero-order chi connectivity index (χ0) is 24.7. The van der Waals surface area contributed by atoms with Gasteiger partial charge in [0.1, 0.15) is 11.3 Å². The molecule has 0 aliphatic heterocycles. The number of anilines is 2. The minimum Gasteiger partial charge on any atom is -0.462 e. The summed E-state index contributed by atoms with van der Waals surface area (Å²) in [6.07, 6.45) is 4.66. The first-order valence-corrected chi connectivity index (χ1v) is 11.3. The van der Waals surface area contributed by atoms with Gasteiger partial charge in [0.25, 0.3) is 5.91 Å². The minimum absolute atomic E-state index is 0.00778. The molecule has 1 aliphatic rings. The van der Waals surface area contributed by atoms with Crippen molar-refractivity contribution in [3.05, 3.63) is 70.4 Å². The van der Waals surface area contributed by atoms with Crippen molar-refractivity contribution in [2.45, 2.75) is 26.3 Å². The van der Waals surface area contributed by atoms with Crippen LogP contribution in [0.2, 0.25) is 5.02 Å². The van der Waals surface area contributed by atoms with Crippen molar-refractivity contribution < 1.29 is 23.1 Å². The largest absolute Gasteiger partial charge is 0.462 e. The van der Waals surface area contributed by atoms with E-state index >= 15 is 4.39 Å². The van der Waals surface area contributed by atoms with Gasteiger partial charge >= 0.3 is 5.97 Å². The molecule has 0 saturated heterocycles. The summed E-state index contributed by atoms with van der Waals surface area (Å²) in [5, 5.41) is 3.51. The number of nitrogens with one attached hydrogen (secondary N) is 1. The number of ether oxygens (including phenoxy) is 1. The number of halogens is 2. The van der Waals surface area contributed by atoms with Crippen molar-refractivity contribution in [2.75, 3.05) is 11.9 Å². The number of nitrogens with zero attached hydrogens (tertiary/aromatic N) is 3. The van der Waals surface area contributed by atoms with Crippen LogP contribution in [0.25, 0.3) is 11.0 Å². The van der Waals surface area contributed by atoms with Gasteiger partial charge in [0.15, 0.2) is 18.0 Å². The first-order chi connectivity index (χ1) is 16.8. The third-order valence-electron chi connectivity index (χ3n) is 5.82. The quantitative estimate of drug-likeness (QED) is 0.341. The van der Waals surface area contributed by atoms with Crippen LogP contribution in [0.5, 0.6) is 0 Å². The highest BCUT2D eigenvalue weighted by Crippen LogP contribution is 2.35. The Morgan fingerprint density at radius 1 is 1.34 bits per heavy atom. The number of hydrogen-bond acceptors (Lipinski definition) is 7. The Hall–Kier alpha value is -3.92. The van der Waals surface area contributed by atoms with Gasteiger partial charge in [-0.3, -0.25) is 4.79 Å². The fourth-order valence-electron chi connectivity index (χ4n) is 3.78. The van der Waals surface area contributed by atoms with Crippen molar-refractivity contribution in [1.29, 1.82) is 0 Å². The molecular formula is C24H21ClFN5O4. The topological polar surface area (TPSA) is 125 Å². The monoisotopic (exact) mass is 497 g/mol. The number of nitrogens with two attached hydrogens (primary N) is 1. The molecule has 0 unspecified atom stereocenters. The van der Waals surface area contributed by atoms with Crippen molar-refractivity contribution in [3.63, 3.8) is 0 Å². The van der Waals surface area contributed by atoms with Gasteiger partial charge < -0.3 is 24.8 Å². The summed E-state index contributed by atoms with van der Waals surface area (Å²) in [5.74, 6) is -1.85. The lowest BCUT2D eigenvalue weighted by Crippen LogP contribution is -2.18. The molecule has 3 N–H and O–H groups in total. The molecule has 5 rings (SSSR count). The Balaban J connectivity index is 1.67. The van der Waals surface area contributed by atoms with Crippen LogP contribution in [0.4, 0.5) is 15.8 Å². The van der Waals surface area contributed by atoms with Gasteiger partial charge in [-0.05, 0) is 55.5 Å². The third kappa shape index (κ3) is 4.57. The minimum atomic E-state index is -0.860. The maximum Gasteiger partial charge on any atom is 0.340 e. The SMILES string of the molecule is Cc1cc(Cl)ccc1Nc1c(C(=O)OCC2CC2)cc2c(nc(C(N)=O)n2Cc2cnco2)c1F. The Morgan fingerprint density at radius 3 is 2.80 bits per heavy atom. The molecule has 1 amide bonds.